The van der Waals surface area contributed by atoms with Crippen LogP contribution in [0.5, 0.6) is 5.75 Å². The molecule has 4 nitrogen and oxygen atoms in total. The normalized spacial score (nSPS) is 15.4. The van der Waals surface area contributed by atoms with Crippen LogP contribution in [0.3, 0.4) is 0 Å². The maximum atomic E-state index is 12.6. The number of benzene rings is 2. The molecule has 21 heavy (non-hydrogen) atoms. The summed E-state index contributed by atoms with van der Waals surface area (Å²) in [6.45, 7) is 0.216. The molecule has 0 aliphatic carbocycles. The molecule has 108 valence electrons. The van der Waals surface area contributed by atoms with Crippen molar-refractivity contribution in [2.24, 2.45) is 5.73 Å². The van der Waals surface area contributed by atoms with E-state index in [9.17, 15) is 8.42 Å². The van der Waals surface area contributed by atoms with Crippen molar-refractivity contribution in [2.45, 2.75) is 11.4 Å². The number of para-hydroxylation sites is 1. The van der Waals surface area contributed by atoms with Crippen molar-refractivity contribution in [1.82, 2.24) is 0 Å². The van der Waals surface area contributed by atoms with Gasteiger partial charge >= 0.3 is 0 Å². The zero-order valence-corrected chi connectivity index (χ0v) is 12.1. The largest absolute Gasteiger partial charge is 0.488 e. The van der Waals surface area contributed by atoms with Gasteiger partial charge in [0.25, 0.3) is 0 Å². The Hall–Kier alpha value is -2.11. The van der Waals surface area contributed by atoms with E-state index in [2.05, 4.69) is 0 Å². The number of sulfone groups is 1. The molecule has 0 radical (unpaired) electrons. The van der Waals surface area contributed by atoms with E-state index < -0.39 is 9.84 Å². The van der Waals surface area contributed by atoms with Crippen molar-refractivity contribution in [3.05, 3.63) is 64.6 Å². The lowest BCUT2D eigenvalue weighted by molar-refractivity contribution is 0.359. The molecule has 5 heteroatoms. The lowest BCUT2D eigenvalue weighted by Gasteiger charge is -2.09. The first-order valence-corrected chi connectivity index (χ1v) is 8.06. The third-order valence-electron chi connectivity index (χ3n) is 3.40. The molecule has 0 fully saturated rings. The van der Waals surface area contributed by atoms with Gasteiger partial charge in [0.1, 0.15) is 12.4 Å². The molecule has 2 aromatic carbocycles. The van der Waals surface area contributed by atoms with Gasteiger partial charge < -0.3 is 10.5 Å². The van der Waals surface area contributed by atoms with E-state index in [4.69, 9.17) is 10.5 Å². The maximum Gasteiger partial charge on any atom is 0.207 e. The fourth-order valence-corrected chi connectivity index (χ4v) is 4.07. The Labute approximate surface area is 123 Å². The molecule has 0 aromatic heterocycles. The van der Waals surface area contributed by atoms with Crippen LogP contribution < -0.4 is 10.5 Å². The standard InChI is InChI=1S/C16H15NO3S/c17-10-13-6-4-5-12-9-15(21(18,19)16(12)13)11-20-14-7-2-1-3-8-14/h1-9H,10-11,17H2. The number of rotatable bonds is 4. The van der Waals surface area contributed by atoms with Gasteiger partial charge in [-0.2, -0.15) is 0 Å². The second-order valence-electron chi connectivity index (χ2n) is 4.76. The fraction of sp³-hybridized carbons (Fsp3) is 0.125. The number of nitrogens with two attached hydrogens (primary N) is 1. The zero-order valence-electron chi connectivity index (χ0n) is 11.3. The topological polar surface area (TPSA) is 69.4 Å². The van der Waals surface area contributed by atoms with E-state index in [1.165, 1.54) is 0 Å². The van der Waals surface area contributed by atoms with Gasteiger partial charge in [-0.3, -0.25) is 0 Å². The van der Waals surface area contributed by atoms with Gasteiger partial charge in [0.2, 0.25) is 9.84 Å². The van der Waals surface area contributed by atoms with Crippen molar-refractivity contribution < 1.29 is 13.2 Å². The minimum Gasteiger partial charge on any atom is -0.488 e. The monoisotopic (exact) mass is 301 g/mol. The molecule has 0 atom stereocenters. The first-order chi connectivity index (χ1) is 10.1. The van der Waals surface area contributed by atoms with E-state index in [1.807, 2.05) is 24.3 Å². The Kier molecular flexibility index (Phi) is 3.53. The zero-order chi connectivity index (χ0) is 14.9. The highest BCUT2D eigenvalue weighted by atomic mass is 32.2. The highest BCUT2D eigenvalue weighted by Gasteiger charge is 2.31. The Balaban J connectivity index is 1.89. The summed E-state index contributed by atoms with van der Waals surface area (Å²) in [6.07, 6.45) is 1.66. The van der Waals surface area contributed by atoms with Crippen LogP contribution in [0, 0.1) is 0 Å². The molecule has 1 heterocycles. The van der Waals surface area contributed by atoms with Crippen LogP contribution in [0.1, 0.15) is 11.1 Å². The number of ether oxygens (including phenoxy) is 1. The fourth-order valence-electron chi connectivity index (χ4n) is 2.38. The van der Waals surface area contributed by atoms with Gasteiger partial charge in [0, 0.05) is 6.54 Å². The predicted octanol–water partition coefficient (Wildman–Crippen LogP) is 2.35. The molecule has 0 saturated carbocycles. The first kappa shape index (κ1) is 13.9. The summed E-state index contributed by atoms with van der Waals surface area (Å²) in [7, 11) is -3.50. The van der Waals surface area contributed by atoms with Crippen molar-refractivity contribution in [3.8, 4) is 5.75 Å². The molecular formula is C16H15NO3S. The highest BCUT2D eigenvalue weighted by Crippen LogP contribution is 2.35. The van der Waals surface area contributed by atoms with E-state index in [0.29, 0.717) is 21.8 Å². The van der Waals surface area contributed by atoms with Gasteiger partial charge in [0.15, 0.2) is 0 Å². The van der Waals surface area contributed by atoms with E-state index in [-0.39, 0.29) is 18.1 Å². The summed E-state index contributed by atoms with van der Waals surface area (Å²) in [5.41, 5.74) is 6.96. The molecular weight excluding hydrogens is 286 g/mol. The van der Waals surface area contributed by atoms with Gasteiger partial charge in [-0.05, 0) is 29.3 Å². The van der Waals surface area contributed by atoms with E-state index in [1.54, 1.807) is 30.3 Å². The quantitative estimate of drug-likeness (QED) is 0.941. The third-order valence-corrected chi connectivity index (χ3v) is 5.36. The van der Waals surface area contributed by atoms with E-state index >= 15 is 0 Å². The lowest BCUT2D eigenvalue weighted by atomic mass is 10.1. The third kappa shape index (κ3) is 2.46. The first-order valence-electron chi connectivity index (χ1n) is 6.58. The van der Waals surface area contributed by atoms with Gasteiger partial charge in [0.05, 0.1) is 9.80 Å². The highest BCUT2D eigenvalue weighted by molar-refractivity contribution is 7.96. The Morgan fingerprint density at radius 3 is 2.48 bits per heavy atom. The number of hydrogen-bond donors (Lipinski definition) is 1. The molecule has 0 spiro atoms. The second-order valence-corrected chi connectivity index (χ2v) is 6.69. The van der Waals surface area contributed by atoms with Crippen molar-refractivity contribution in [2.75, 3.05) is 6.61 Å². The van der Waals surface area contributed by atoms with Crippen LogP contribution in [-0.4, -0.2) is 15.0 Å². The molecule has 1 aliphatic heterocycles. The molecule has 2 aromatic rings. The molecule has 0 amide bonds. The average molecular weight is 301 g/mol. The van der Waals surface area contributed by atoms with Crippen LogP contribution >= 0.6 is 0 Å². The van der Waals surface area contributed by atoms with Gasteiger partial charge in [-0.15, -0.1) is 0 Å². The summed E-state index contributed by atoms with van der Waals surface area (Å²) in [4.78, 5) is 0.585. The van der Waals surface area contributed by atoms with Crippen LogP contribution in [0.15, 0.2) is 58.3 Å². The number of fused-ring (bicyclic) bond motifs is 1. The smallest absolute Gasteiger partial charge is 0.207 e. The summed E-state index contributed by atoms with van der Waals surface area (Å²) < 4.78 is 30.7. The van der Waals surface area contributed by atoms with Crippen LogP contribution in [0.25, 0.3) is 6.08 Å². The molecule has 3 rings (SSSR count). The van der Waals surface area contributed by atoms with Gasteiger partial charge in [-0.25, -0.2) is 8.42 Å². The minimum atomic E-state index is -3.50. The molecule has 2 N–H and O–H groups in total. The Morgan fingerprint density at radius 1 is 1.00 bits per heavy atom. The molecule has 1 aliphatic rings. The Morgan fingerprint density at radius 2 is 1.76 bits per heavy atom. The molecule has 0 saturated heterocycles. The average Bonchev–Trinajstić information content (AvgIpc) is 2.77. The summed E-state index contributed by atoms with van der Waals surface area (Å²) in [5.74, 6) is 0.642. The van der Waals surface area contributed by atoms with Gasteiger partial charge in [-0.1, -0.05) is 36.4 Å². The maximum absolute atomic E-state index is 12.6. The van der Waals surface area contributed by atoms with Crippen molar-refractivity contribution in [3.63, 3.8) is 0 Å². The lowest BCUT2D eigenvalue weighted by Crippen LogP contribution is -2.12. The molecule has 0 unspecified atom stereocenters. The molecule has 0 bridgehead atoms. The van der Waals surface area contributed by atoms with Crippen LogP contribution in [0.4, 0.5) is 0 Å². The van der Waals surface area contributed by atoms with Crippen molar-refractivity contribution >= 4 is 15.9 Å². The minimum absolute atomic E-state index is 0.0189. The predicted molar refractivity (Wildman–Crippen MR) is 81.4 cm³/mol. The summed E-state index contributed by atoms with van der Waals surface area (Å²) >= 11 is 0. The van der Waals surface area contributed by atoms with Crippen molar-refractivity contribution in [1.29, 1.82) is 0 Å². The van der Waals surface area contributed by atoms with Crippen LogP contribution in [-0.2, 0) is 16.4 Å². The Bertz CT molecular complexity index is 796. The number of hydrogen-bond acceptors (Lipinski definition) is 4. The second kappa shape index (κ2) is 5.35. The van der Waals surface area contributed by atoms with E-state index in [0.717, 1.165) is 0 Å². The van der Waals surface area contributed by atoms with Crippen LogP contribution in [0.2, 0.25) is 0 Å². The summed E-state index contributed by atoms with van der Waals surface area (Å²) in [6, 6.07) is 14.5. The SMILES string of the molecule is NCc1cccc2c1S(=O)(=O)C(COc1ccccc1)=C2. The summed E-state index contributed by atoms with van der Waals surface area (Å²) in [5, 5.41) is 0.